The Hall–Kier alpha value is -1.93. The van der Waals surface area contributed by atoms with Crippen LogP contribution in [0.3, 0.4) is 0 Å². The van der Waals surface area contributed by atoms with Gasteiger partial charge in [0.25, 0.3) is 0 Å². The first kappa shape index (κ1) is 11.2. The third-order valence-corrected chi connectivity index (χ3v) is 3.24. The molecule has 3 heteroatoms. The number of allylic oxidation sites excluding steroid dienone is 2. The van der Waals surface area contributed by atoms with E-state index in [1.807, 2.05) is 18.2 Å². The number of para-hydroxylation sites is 1. The van der Waals surface area contributed by atoms with Crippen molar-refractivity contribution in [3.05, 3.63) is 58.8 Å². The van der Waals surface area contributed by atoms with E-state index >= 15 is 0 Å². The van der Waals surface area contributed by atoms with Gasteiger partial charge in [-0.25, -0.2) is 9.98 Å². The number of fused-ring (bicyclic) bond motifs is 4. The Morgan fingerprint density at radius 1 is 1.11 bits per heavy atom. The van der Waals surface area contributed by atoms with Crippen LogP contribution in [0.5, 0.6) is 0 Å². The average molecular weight is 255 g/mol. The van der Waals surface area contributed by atoms with Gasteiger partial charge in [-0.3, -0.25) is 0 Å². The Morgan fingerprint density at radius 2 is 2.00 bits per heavy atom. The summed E-state index contributed by atoms with van der Waals surface area (Å²) >= 11 is 0. The van der Waals surface area contributed by atoms with Gasteiger partial charge in [-0.15, -0.1) is 12.4 Å². The minimum absolute atomic E-state index is 0. The lowest BCUT2D eigenvalue weighted by atomic mass is 10.1. The van der Waals surface area contributed by atoms with Gasteiger partial charge in [0.1, 0.15) is 0 Å². The Bertz CT molecular complexity index is 776. The summed E-state index contributed by atoms with van der Waals surface area (Å²) in [5.74, 6) is 0. The van der Waals surface area contributed by atoms with Crippen molar-refractivity contribution in [3.8, 4) is 11.3 Å². The van der Waals surface area contributed by atoms with Gasteiger partial charge in [0.15, 0.2) is 0 Å². The van der Waals surface area contributed by atoms with E-state index < -0.39 is 0 Å². The van der Waals surface area contributed by atoms with Crippen LogP contribution in [0, 0.1) is 0 Å². The monoisotopic (exact) mass is 254 g/mol. The highest BCUT2D eigenvalue weighted by Gasteiger charge is 2.15. The van der Waals surface area contributed by atoms with Gasteiger partial charge in [0, 0.05) is 5.56 Å². The predicted octanol–water partition coefficient (Wildman–Crippen LogP) is 2.33. The molecule has 2 heterocycles. The van der Waals surface area contributed by atoms with Crippen LogP contribution < -0.4 is 10.7 Å². The van der Waals surface area contributed by atoms with Crippen LogP contribution in [0.2, 0.25) is 0 Å². The molecule has 1 aromatic carbocycles. The Kier molecular flexibility index (Phi) is 2.53. The van der Waals surface area contributed by atoms with Gasteiger partial charge in [-0.05, 0) is 30.2 Å². The molecule has 4 rings (SSSR count). The molecule has 2 nitrogen and oxygen atoms in total. The summed E-state index contributed by atoms with van der Waals surface area (Å²) in [5.41, 5.74) is 4.47. The standard InChI is InChI=1S/C15H10N2.ClH/c1-3-7-12-10(5-1)9-14-15(17-12)11-6-2-4-8-13(11)16-14;/h1-4,6-9H,5H2;1H. The summed E-state index contributed by atoms with van der Waals surface area (Å²) < 4.78 is 0. The van der Waals surface area contributed by atoms with Crippen LogP contribution in [0.4, 0.5) is 5.69 Å². The third kappa shape index (κ3) is 1.50. The molecule has 0 saturated carbocycles. The van der Waals surface area contributed by atoms with Crippen LogP contribution in [0.15, 0.2) is 47.5 Å². The van der Waals surface area contributed by atoms with Crippen molar-refractivity contribution < 1.29 is 0 Å². The summed E-state index contributed by atoms with van der Waals surface area (Å²) in [5, 5.41) is 2.09. The molecule has 18 heavy (non-hydrogen) atoms. The molecule has 0 radical (unpaired) electrons. The number of nitrogens with zero attached hydrogens (tertiary/aromatic N) is 2. The lowest BCUT2D eigenvalue weighted by molar-refractivity contribution is 1.11. The first-order valence-corrected chi connectivity index (χ1v) is 5.77. The fourth-order valence-corrected chi connectivity index (χ4v) is 2.40. The molecular formula is C15H11ClN2. The quantitative estimate of drug-likeness (QED) is 0.605. The van der Waals surface area contributed by atoms with Gasteiger partial charge in [-0.2, -0.15) is 0 Å². The number of aromatic nitrogens is 1. The number of halogens is 1. The Morgan fingerprint density at radius 3 is 2.94 bits per heavy atom. The molecule has 2 aromatic rings. The smallest absolute Gasteiger partial charge is 0.0987 e. The highest BCUT2D eigenvalue weighted by atomic mass is 35.5. The maximum absolute atomic E-state index is 4.73. The second-order valence-electron chi connectivity index (χ2n) is 4.33. The van der Waals surface area contributed by atoms with Crippen molar-refractivity contribution in [2.24, 2.45) is 4.99 Å². The van der Waals surface area contributed by atoms with Crippen molar-refractivity contribution in [3.63, 3.8) is 0 Å². The molecular weight excluding hydrogens is 244 g/mol. The number of pyridine rings is 1. The first-order chi connectivity index (χ1) is 8.42. The van der Waals surface area contributed by atoms with E-state index in [0.717, 1.165) is 34.1 Å². The number of hydrogen-bond donors (Lipinski definition) is 0. The summed E-state index contributed by atoms with van der Waals surface area (Å²) in [6.07, 6.45) is 7.25. The summed E-state index contributed by atoms with van der Waals surface area (Å²) in [4.78, 5) is 9.36. The van der Waals surface area contributed by atoms with Gasteiger partial charge >= 0.3 is 0 Å². The van der Waals surface area contributed by atoms with Crippen molar-refractivity contribution in [2.75, 3.05) is 0 Å². The molecule has 0 unspecified atom stereocenters. The second kappa shape index (κ2) is 4.07. The molecule has 1 aliphatic carbocycles. The van der Waals surface area contributed by atoms with E-state index in [2.05, 4.69) is 35.4 Å². The molecule has 0 spiro atoms. The molecule has 0 N–H and O–H groups in total. The zero-order chi connectivity index (χ0) is 11.2. The Balaban J connectivity index is 0.000001000. The molecule has 0 saturated heterocycles. The molecule has 1 aromatic heterocycles. The zero-order valence-corrected chi connectivity index (χ0v) is 10.4. The van der Waals surface area contributed by atoms with E-state index in [-0.39, 0.29) is 12.4 Å². The summed E-state index contributed by atoms with van der Waals surface area (Å²) in [6, 6.07) is 10.3. The second-order valence-corrected chi connectivity index (χ2v) is 4.33. The van der Waals surface area contributed by atoms with Crippen LogP contribution in [0.1, 0.15) is 5.56 Å². The summed E-state index contributed by atoms with van der Waals surface area (Å²) in [7, 11) is 0. The van der Waals surface area contributed by atoms with Gasteiger partial charge < -0.3 is 0 Å². The summed E-state index contributed by atoms with van der Waals surface area (Å²) in [6.45, 7) is 0. The molecule has 2 aliphatic rings. The van der Waals surface area contributed by atoms with E-state index in [4.69, 9.17) is 4.98 Å². The van der Waals surface area contributed by atoms with Crippen molar-refractivity contribution in [1.82, 2.24) is 4.98 Å². The molecule has 1 aliphatic heterocycles. The van der Waals surface area contributed by atoms with Crippen LogP contribution >= 0.6 is 12.4 Å². The highest BCUT2D eigenvalue weighted by Crippen LogP contribution is 2.30. The Labute approximate surface area is 111 Å². The SMILES string of the molecule is C1=CCc2cc3c(nc2=C1)-c1ccccc1N=3.Cl. The van der Waals surface area contributed by atoms with Gasteiger partial charge in [0.05, 0.1) is 22.1 Å². The third-order valence-electron chi connectivity index (χ3n) is 3.24. The van der Waals surface area contributed by atoms with Gasteiger partial charge in [-0.1, -0.05) is 30.4 Å². The van der Waals surface area contributed by atoms with E-state index in [9.17, 15) is 0 Å². The zero-order valence-electron chi connectivity index (χ0n) is 9.63. The molecule has 0 atom stereocenters. The lowest BCUT2D eigenvalue weighted by Crippen LogP contribution is -2.22. The molecule has 0 fully saturated rings. The minimum atomic E-state index is 0. The van der Waals surface area contributed by atoms with E-state index in [0.29, 0.717) is 0 Å². The molecule has 88 valence electrons. The minimum Gasteiger partial charge on any atom is -0.246 e. The first-order valence-electron chi connectivity index (χ1n) is 5.77. The van der Waals surface area contributed by atoms with Gasteiger partial charge in [0.2, 0.25) is 0 Å². The highest BCUT2D eigenvalue weighted by molar-refractivity contribution is 5.85. The fourth-order valence-electron chi connectivity index (χ4n) is 2.40. The molecule has 0 amide bonds. The largest absolute Gasteiger partial charge is 0.246 e. The van der Waals surface area contributed by atoms with Crippen LogP contribution in [0.25, 0.3) is 17.3 Å². The fraction of sp³-hybridized carbons (Fsp3) is 0.0667. The number of benzene rings is 1. The van der Waals surface area contributed by atoms with Crippen molar-refractivity contribution in [1.29, 1.82) is 0 Å². The van der Waals surface area contributed by atoms with Crippen LogP contribution in [-0.2, 0) is 6.42 Å². The lowest BCUT2D eigenvalue weighted by Gasteiger charge is -2.04. The van der Waals surface area contributed by atoms with Crippen LogP contribution in [-0.4, -0.2) is 4.98 Å². The number of rotatable bonds is 0. The average Bonchev–Trinajstić information content (AvgIpc) is 2.73. The van der Waals surface area contributed by atoms with E-state index in [1.54, 1.807) is 0 Å². The normalized spacial score (nSPS) is 13.6. The van der Waals surface area contributed by atoms with E-state index in [1.165, 1.54) is 5.56 Å². The molecule has 0 bridgehead atoms. The van der Waals surface area contributed by atoms with Crippen molar-refractivity contribution >= 4 is 24.2 Å². The maximum atomic E-state index is 4.73. The topological polar surface area (TPSA) is 25.2 Å². The maximum Gasteiger partial charge on any atom is 0.0987 e. The number of hydrogen-bond acceptors (Lipinski definition) is 2. The van der Waals surface area contributed by atoms with Crippen molar-refractivity contribution in [2.45, 2.75) is 6.42 Å². The predicted molar refractivity (Wildman–Crippen MR) is 74.7 cm³/mol.